The minimum atomic E-state index is -0.122. The van der Waals surface area contributed by atoms with Gasteiger partial charge in [0, 0.05) is 12.6 Å². The zero-order valence-corrected chi connectivity index (χ0v) is 11.2. The van der Waals surface area contributed by atoms with Crippen molar-refractivity contribution in [1.82, 2.24) is 10.2 Å². The number of likely N-dealkylation sites (tertiary alicyclic amines) is 1. The molecule has 0 spiro atoms. The van der Waals surface area contributed by atoms with Crippen LogP contribution in [0.25, 0.3) is 0 Å². The smallest absolute Gasteiger partial charge is 0.0735 e. The van der Waals surface area contributed by atoms with Crippen molar-refractivity contribution in [2.75, 3.05) is 26.7 Å². The number of aliphatic hydroxyl groups is 1. The Morgan fingerprint density at radius 1 is 1.12 bits per heavy atom. The number of likely N-dealkylation sites (N-methyl/N-ethyl adjacent to an activating group) is 1. The van der Waals surface area contributed by atoms with Crippen LogP contribution < -0.4 is 5.32 Å². The van der Waals surface area contributed by atoms with Gasteiger partial charge in [-0.15, -0.1) is 0 Å². The number of hydrogen-bond donors (Lipinski definition) is 2. The zero-order valence-electron chi connectivity index (χ0n) is 11.2. The molecule has 1 saturated carbocycles. The quantitative estimate of drug-likeness (QED) is 0.766. The van der Waals surface area contributed by atoms with Crippen LogP contribution in [0, 0.1) is 5.92 Å². The largest absolute Gasteiger partial charge is 0.391 e. The first-order chi connectivity index (χ1) is 8.33. The molecule has 0 aromatic carbocycles. The molecule has 2 atom stereocenters. The van der Waals surface area contributed by atoms with E-state index in [0.29, 0.717) is 12.0 Å². The van der Waals surface area contributed by atoms with E-state index in [2.05, 4.69) is 10.2 Å². The molecule has 0 radical (unpaired) electrons. The van der Waals surface area contributed by atoms with Crippen molar-refractivity contribution in [3.63, 3.8) is 0 Å². The van der Waals surface area contributed by atoms with Crippen LogP contribution >= 0.6 is 0 Å². The van der Waals surface area contributed by atoms with Crippen LogP contribution in [0.5, 0.6) is 0 Å². The second-order valence-corrected chi connectivity index (χ2v) is 5.76. The van der Waals surface area contributed by atoms with E-state index in [0.717, 1.165) is 6.54 Å². The fourth-order valence-corrected chi connectivity index (χ4v) is 3.54. The van der Waals surface area contributed by atoms with E-state index < -0.39 is 0 Å². The Bertz CT molecular complexity index is 210. The monoisotopic (exact) mass is 240 g/mol. The second kappa shape index (κ2) is 6.72. The van der Waals surface area contributed by atoms with Gasteiger partial charge in [0.05, 0.1) is 6.10 Å². The molecule has 3 heteroatoms. The van der Waals surface area contributed by atoms with Crippen molar-refractivity contribution in [2.45, 2.75) is 57.1 Å². The van der Waals surface area contributed by atoms with Crippen LogP contribution in [-0.2, 0) is 0 Å². The van der Waals surface area contributed by atoms with Gasteiger partial charge in [-0.2, -0.15) is 0 Å². The number of hydrogen-bond acceptors (Lipinski definition) is 3. The number of nitrogens with one attached hydrogen (secondary N) is 1. The molecular formula is C14H28N2O. The third kappa shape index (κ3) is 3.43. The van der Waals surface area contributed by atoms with Crippen molar-refractivity contribution in [3.8, 4) is 0 Å². The summed E-state index contributed by atoms with van der Waals surface area (Å²) in [5, 5.41) is 13.9. The highest BCUT2D eigenvalue weighted by molar-refractivity contribution is 4.88. The van der Waals surface area contributed by atoms with E-state index in [1.807, 2.05) is 7.05 Å². The Labute approximate surface area is 106 Å². The van der Waals surface area contributed by atoms with Crippen molar-refractivity contribution in [2.24, 2.45) is 5.92 Å². The first kappa shape index (κ1) is 13.3. The lowest BCUT2D eigenvalue weighted by molar-refractivity contribution is 0.00475. The second-order valence-electron chi connectivity index (χ2n) is 5.76. The minimum Gasteiger partial charge on any atom is -0.391 e. The molecule has 0 aromatic rings. The summed E-state index contributed by atoms with van der Waals surface area (Å²) < 4.78 is 0. The molecule has 2 fully saturated rings. The lowest BCUT2D eigenvalue weighted by Gasteiger charge is -2.39. The first-order valence-electron chi connectivity index (χ1n) is 7.39. The molecular weight excluding hydrogens is 212 g/mol. The molecule has 17 heavy (non-hydrogen) atoms. The van der Waals surface area contributed by atoms with Crippen LogP contribution in [0.3, 0.4) is 0 Å². The van der Waals surface area contributed by atoms with E-state index in [1.54, 1.807) is 0 Å². The Morgan fingerprint density at radius 3 is 2.35 bits per heavy atom. The SMILES string of the molecule is CNC[C@H](C(O)C1CCCC1)N1CCCCC1. The highest BCUT2D eigenvalue weighted by Gasteiger charge is 2.33. The third-order valence-electron chi connectivity index (χ3n) is 4.55. The normalized spacial score (nSPS) is 27.2. The summed E-state index contributed by atoms with van der Waals surface area (Å²) in [6, 6.07) is 0.336. The van der Waals surface area contributed by atoms with Crippen molar-refractivity contribution >= 4 is 0 Å². The summed E-state index contributed by atoms with van der Waals surface area (Å²) in [4.78, 5) is 2.52. The summed E-state index contributed by atoms with van der Waals surface area (Å²) in [5.74, 6) is 0.551. The molecule has 0 aromatic heterocycles. The predicted octanol–water partition coefficient (Wildman–Crippen LogP) is 1.61. The summed E-state index contributed by atoms with van der Waals surface area (Å²) in [7, 11) is 2.00. The molecule has 2 aliphatic rings. The Morgan fingerprint density at radius 2 is 1.76 bits per heavy atom. The van der Waals surface area contributed by atoms with Crippen LogP contribution in [0.15, 0.2) is 0 Å². The van der Waals surface area contributed by atoms with Gasteiger partial charge in [-0.3, -0.25) is 4.90 Å². The number of aliphatic hydroxyl groups excluding tert-OH is 1. The highest BCUT2D eigenvalue weighted by atomic mass is 16.3. The van der Waals surface area contributed by atoms with Gasteiger partial charge in [-0.1, -0.05) is 19.3 Å². The van der Waals surface area contributed by atoms with E-state index in [4.69, 9.17) is 0 Å². The highest BCUT2D eigenvalue weighted by Crippen LogP contribution is 2.30. The van der Waals surface area contributed by atoms with Gasteiger partial charge >= 0.3 is 0 Å². The number of piperidine rings is 1. The molecule has 1 unspecified atom stereocenters. The maximum atomic E-state index is 10.6. The third-order valence-corrected chi connectivity index (χ3v) is 4.55. The topological polar surface area (TPSA) is 35.5 Å². The summed E-state index contributed by atoms with van der Waals surface area (Å²) >= 11 is 0. The lowest BCUT2D eigenvalue weighted by Crippen LogP contribution is -2.52. The molecule has 2 N–H and O–H groups in total. The van der Waals surface area contributed by atoms with Crippen LogP contribution in [0.1, 0.15) is 44.9 Å². The van der Waals surface area contributed by atoms with Crippen LogP contribution in [0.2, 0.25) is 0 Å². The van der Waals surface area contributed by atoms with Gasteiger partial charge in [-0.25, -0.2) is 0 Å². The maximum absolute atomic E-state index is 10.6. The molecule has 0 amide bonds. The number of rotatable bonds is 5. The predicted molar refractivity (Wildman–Crippen MR) is 71.1 cm³/mol. The molecule has 3 nitrogen and oxygen atoms in total. The van der Waals surface area contributed by atoms with Gasteiger partial charge in [-0.05, 0) is 51.7 Å². The fraction of sp³-hybridized carbons (Fsp3) is 1.00. The molecule has 2 rings (SSSR count). The summed E-state index contributed by atoms with van der Waals surface area (Å²) in [5.41, 5.74) is 0. The average molecular weight is 240 g/mol. The fourth-order valence-electron chi connectivity index (χ4n) is 3.54. The molecule has 1 heterocycles. The van der Waals surface area contributed by atoms with E-state index in [-0.39, 0.29) is 6.10 Å². The Balaban J connectivity index is 1.93. The van der Waals surface area contributed by atoms with Gasteiger partial charge in [0.25, 0.3) is 0 Å². The Hall–Kier alpha value is -0.120. The standard InChI is InChI=1S/C14H28N2O/c1-15-11-13(16-9-5-2-6-10-16)14(17)12-7-3-4-8-12/h12-15,17H,2-11H2,1H3/t13-,14?/m1/s1. The first-order valence-corrected chi connectivity index (χ1v) is 7.39. The zero-order chi connectivity index (χ0) is 12.1. The molecule has 1 aliphatic heterocycles. The van der Waals surface area contributed by atoms with Crippen LogP contribution in [0.4, 0.5) is 0 Å². The molecule has 1 saturated heterocycles. The summed E-state index contributed by atoms with van der Waals surface area (Å²) in [6.07, 6.45) is 8.94. The van der Waals surface area contributed by atoms with E-state index in [1.165, 1.54) is 58.0 Å². The maximum Gasteiger partial charge on any atom is 0.0735 e. The van der Waals surface area contributed by atoms with Gasteiger partial charge in [0.2, 0.25) is 0 Å². The van der Waals surface area contributed by atoms with Crippen molar-refractivity contribution in [3.05, 3.63) is 0 Å². The van der Waals surface area contributed by atoms with Crippen molar-refractivity contribution < 1.29 is 5.11 Å². The summed E-state index contributed by atoms with van der Waals surface area (Å²) in [6.45, 7) is 3.28. The lowest BCUT2D eigenvalue weighted by atomic mass is 9.92. The van der Waals surface area contributed by atoms with Gasteiger partial charge in [0.1, 0.15) is 0 Å². The number of nitrogens with zero attached hydrogens (tertiary/aromatic N) is 1. The van der Waals surface area contributed by atoms with Gasteiger partial charge in [0.15, 0.2) is 0 Å². The Kier molecular flexibility index (Phi) is 5.26. The average Bonchev–Trinajstić information content (AvgIpc) is 2.90. The minimum absolute atomic E-state index is 0.122. The molecule has 1 aliphatic carbocycles. The van der Waals surface area contributed by atoms with Gasteiger partial charge < -0.3 is 10.4 Å². The van der Waals surface area contributed by atoms with Crippen LogP contribution in [-0.4, -0.2) is 48.8 Å². The molecule has 0 bridgehead atoms. The van der Waals surface area contributed by atoms with E-state index in [9.17, 15) is 5.11 Å². The van der Waals surface area contributed by atoms with E-state index >= 15 is 0 Å². The molecule has 100 valence electrons. The van der Waals surface area contributed by atoms with Crippen molar-refractivity contribution in [1.29, 1.82) is 0 Å².